The van der Waals surface area contributed by atoms with Crippen LogP contribution in [0.3, 0.4) is 0 Å². The maximum absolute atomic E-state index is 2.47. The summed E-state index contributed by atoms with van der Waals surface area (Å²) in [5, 5.41) is 0. The molecule has 3 aromatic rings. The second-order valence-electron chi connectivity index (χ2n) is 13.6. The van der Waals surface area contributed by atoms with Crippen LogP contribution in [0.4, 0.5) is 0 Å². The average molecular weight is 539 g/mol. The van der Waals surface area contributed by atoms with Crippen molar-refractivity contribution in [3.05, 3.63) is 104 Å². The Labute approximate surface area is 248 Å². The van der Waals surface area contributed by atoms with Crippen LogP contribution in [0.25, 0.3) is 0 Å². The smallest absolute Gasteiger partial charge is 0.0250 e. The van der Waals surface area contributed by atoms with Crippen molar-refractivity contribution in [1.82, 2.24) is 0 Å². The van der Waals surface area contributed by atoms with Gasteiger partial charge >= 0.3 is 0 Å². The number of hydrogen-bond acceptors (Lipinski definition) is 0. The van der Waals surface area contributed by atoms with Gasteiger partial charge in [0, 0.05) is 0 Å². The Morgan fingerprint density at radius 1 is 0.475 bits per heavy atom. The highest BCUT2D eigenvalue weighted by molar-refractivity contribution is 5.40. The minimum absolute atomic E-state index is 0.691. The minimum atomic E-state index is 0.691. The Hall–Kier alpha value is -2.34. The van der Waals surface area contributed by atoms with Gasteiger partial charge in [-0.2, -0.15) is 0 Å². The molecule has 0 amide bonds. The summed E-state index contributed by atoms with van der Waals surface area (Å²) in [7, 11) is 0. The Morgan fingerprint density at radius 3 is 1.50 bits per heavy atom. The highest BCUT2D eigenvalue weighted by Gasteiger charge is 2.14. The van der Waals surface area contributed by atoms with Crippen LogP contribution in [0, 0.1) is 66.2 Å². The summed E-state index contributed by atoms with van der Waals surface area (Å²) in [6.45, 7) is 23.3. The van der Waals surface area contributed by atoms with Gasteiger partial charge in [-0.3, -0.25) is 0 Å². The van der Waals surface area contributed by atoms with Crippen LogP contribution in [-0.4, -0.2) is 0 Å². The largest absolute Gasteiger partial charge is 0.0625 e. The molecule has 218 valence electrons. The molecule has 0 aliphatic carbocycles. The van der Waals surface area contributed by atoms with Gasteiger partial charge in [-0.25, -0.2) is 0 Å². The minimum Gasteiger partial charge on any atom is -0.0625 e. The van der Waals surface area contributed by atoms with Gasteiger partial charge in [0.05, 0.1) is 0 Å². The van der Waals surface area contributed by atoms with Gasteiger partial charge in [-0.15, -0.1) is 0 Å². The van der Waals surface area contributed by atoms with Crippen LogP contribution in [0.15, 0.2) is 42.5 Å². The molecule has 0 aromatic heterocycles. The van der Waals surface area contributed by atoms with Gasteiger partial charge in [0.25, 0.3) is 0 Å². The molecule has 3 aromatic carbocycles. The second kappa shape index (κ2) is 15.0. The van der Waals surface area contributed by atoms with E-state index < -0.39 is 0 Å². The summed E-state index contributed by atoms with van der Waals surface area (Å²) < 4.78 is 0. The van der Waals surface area contributed by atoms with Gasteiger partial charge in [0.15, 0.2) is 0 Å². The number of rotatable bonds is 14. The summed E-state index contributed by atoms with van der Waals surface area (Å²) in [6, 6.07) is 16.4. The fraction of sp³-hybridized carbons (Fsp3) is 0.550. The zero-order valence-corrected chi connectivity index (χ0v) is 27.6. The number of benzene rings is 3. The number of aryl methyl sites for hydroxylation is 5. The molecule has 0 saturated heterocycles. The van der Waals surface area contributed by atoms with E-state index in [1.165, 1.54) is 96.7 Å². The van der Waals surface area contributed by atoms with Gasteiger partial charge in [0.1, 0.15) is 0 Å². The first-order chi connectivity index (χ1) is 19.0. The molecule has 40 heavy (non-hydrogen) atoms. The van der Waals surface area contributed by atoms with Gasteiger partial charge in [0.2, 0.25) is 0 Å². The van der Waals surface area contributed by atoms with E-state index in [-0.39, 0.29) is 0 Å². The maximum atomic E-state index is 2.47. The number of hydrogen-bond donors (Lipinski definition) is 0. The zero-order valence-electron chi connectivity index (χ0n) is 27.6. The molecule has 0 aliphatic rings. The third-order valence-corrected chi connectivity index (χ3v) is 9.87. The first-order valence-corrected chi connectivity index (χ1v) is 16.2. The third kappa shape index (κ3) is 9.09. The lowest BCUT2D eigenvalue weighted by atomic mass is 9.85. The molecule has 3 atom stereocenters. The van der Waals surface area contributed by atoms with Crippen LogP contribution in [0.2, 0.25) is 0 Å². The molecule has 0 spiro atoms. The summed E-state index contributed by atoms with van der Waals surface area (Å²) >= 11 is 0. The monoisotopic (exact) mass is 538 g/mol. The fourth-order valence-electron chi connectivity index (χ4n) is 6.63. The second-order valence-corrected chi connectivity index (χ2v) is 13.6. The van der Waals surface area contributed by atoms with E-state index in [2.05, 4.69) is 112 Å². The molecule has 0 heterocycles. The van der Waals surface area contributed by atoms with E-state index in [1.54, 1.807) is 22.3 Å². The highest BCUT2D eigenvalue weighted by atomic mass is 14.2. The normalized spacial score (nSPS) is 13.8. The van der Waals surface area contributed by atoms with Crippen LogP contribution < -0.4 is 0 Å². The van der Waals surface area contributed by atoms with Crippen molar-refractivity contribution in [3.63, 3.8) is 0 Å². The lowest BCUT2D eigenvalue weighted by molar-refractivity contribution is 0.422. The van der Waals surface area contributed by atoms with E-state index >= 15 is 0 Å². The standard InChI is InChI=1S/C40H58/c1-27(15-22-39-33(7)19-17-31(5)35(39)9)12-11-13-28(2)24-37-21-14-29(3)25-38(37)26-30(4)16-23-40-34(8)20-18-32(6)36(40)10/h14,17-21,25,27-28,30H,11-13,15-16,22-24,26H2,1-10H3. The average Bonchev–Trinajstić information content (AvgIpc) is 2.90. The van der Waals surface area contributed by atoms with Gasteiger partial charge in [-0.1, -0.05) is 88.1 Å². The molecule has 0 aliphatic heterocycles. The van der Waals surface area contributed by atoms with Crippen molar-refractivity contribution in [2.24, 2.45) is 17.8 Å². The van der Waals surface area contributed by atoms with E-state index in [1.807, 2.05) is 0 Å². The molecule has 0 fully saturated rings. The summed E-state index contributed by atoms with van der Waals surface area (Å²) in [5.41, 5.74) is 16.5. The van der Waals surface area contributed by atoms with Crippen LogP contribution >= 0.6 is 0 Å². The Balaban J connectivity index is 1.49. The molecule has 3 rings (SSSR count). The predicted molar refractivity (Wildman–Crippen MR) is 178 cm³/mol. The van der Waals surface area contributed by atoms with Crippen molar-refractivity contribution >= 4 is 0 Å². The van der Waals surface area contributed by atoms with Crippen molar-refractivity contribution < 1.29 is 0 Å². The Kier molecular flexibility index (Phi) is 12.1. The zero-order chi connectivity index (χ0) is 29.4. The van der Waals surface area contributed by atoms with Crippen molar-refractivity contribution in [1.29, 1.82) is 0 Å². The van der Waals surface area contributed by atoms with E-state index in [4.69, 9.17) is 0 Å². The first kappa shape index (κ1) is 32.2. The predicted octanol–water partition coefficient (Wildman–Crippen LogP) is 11.3. The van der Waals surface area contributed by atoms with E-state index in [0.717, 1.165) is 11.8 Å². The van der Waals surface area contributed by atoms with E-state index in [9.17, 15) is 0 Å². The summed E-state index contributed by atoms with van der Waals surface area (Å²) in [4.78, 5) is 0. The summed E-state index contributed by atoms with van der Waals surface area (Å²) in [6.07, 6.45) is 11.4. The quantitative estimate of drug-likeness (QED) is 0.191. The lowest BCUT2D eigenvalue weighted by Gasteiger charge is -2.20. The highest BCUT2D eigenvalue weighted by Crippen LogP contribution is 2.27. The fourth-order valence-corrected chi connectivity index (χ4v) is 6.63. The lowest BCUT2D eigenvalue weighted by Crippen LogP contribution is -2.09. The molecular weight excluding hydrogens is 480 g/mol. The molecule has 0 bridgehead atoms. The van der Waals surface area contributed by atoms with Crippen LogP contribution in [0.1, 0.15) is 114 Å². The SMILES string of the molecule is Cc1ccc(CC(C)CCCC(C)CCc2c(C)ccc(C)c2C)c(CC(C)CCc2c(C)ccc(C)c2C)c1. The van der Waals surface area contributed by atoms with Crippen molar-refractivity contribution in [3.8, 4) is 0 Å². The maximum Gasteiger partial charge on any atom is -0.0250 e. The molecule has 0 saturated carbocycles. The van der Waals surface area contributed by atoms with Gasteiger partial charge in [-0.05, 0) is 160 Å². The van der Waals surface area contributed by atoms with Crippen LogP contribution in [0.5, 0.6) is 0 Å². The molecule has 0 radical (unpaired) electrons. The van der Waals surface area contributed by atoms with Crippen LogP contribution in [-0.2, 0) is 25.7 Å². The topological polar surface area (TPSA) is 0 Å². The third-order valence-electron chi connectivity index (χ3n) is 9.87. The molecule has 0 nitrogen and oxygen atoms in total. The first-order valence-electron chi connectivity index (χ1n) is 16.2. The van der Waals surface area contributed by atoms with Crippen molar-refractivity contribution in [2.75, 3.05) is 0 Å². The molecule has 0 N–H and O–H groups in total. The molecular formula is C40H58. The Bertz CT molecular complexity index is 1240. The van der Waals surface area contributed by atoms with Gasteiger partial charge < -0.3 is 0 Å². The van der Waals surface area contributed by atoms with Crippen molar-refractivity contribution in [2.45, 2.75) is 127 Å². The Morgan fingerprint density at radius 2 is 0.925 bits per heavy atom. The summed E-state index contributed by atoms with van der Waals surface area (Å²) in [5.74, 6) is 2.22. The molecule has 3 unspecified atom stereocenters. The molecule has 0 heteroatoms. The van der Waals surface area contributed by atoms with E-state index in [0.29, 0.717) is 5.92 Å².